The maximum atomic E-state index is 12.3. The van der Waals surface area contributed by atoms with E-state index >= 15 is 0 Å². The molecule has 1 aromatic carbocycles. The number of fused-ring (bicyclic) bond motifs is 1. The molecule has 112 valence electrons. The van der Waals surface area contributed by atoms with E-state index in [9.17, 15) is 18.0 Å². The van der Waals surface area contributed by atoms with Gasteiger partial charge in [0.1, 0.15) is 4.90 Å². The lowest BCUT2D eigenvalue weighted by atomic mass is 10.2. The summed E-state index contributed by atoms with van der Waals surface area (Å²) in [5, 5.41) is 8.86. The number of hydrogen-bond donors (Lipinski definition) is 1. The lowest BCUT2D eigenvalue weighted by Gasteiger charge is -2.19. The maximum absolute atomic E-state index is 12.3. The molecular formula is C13H13NO6S. The van der Waals surface area contributed by atoms with Gasteiger partial charge in [-0.15, -0.1) is 0 Å². The molecule has 0 aromatic heterocycles. The van der Waals surface area contributed by atoms with Gasteiger partial charge in [-0.1, -0.05) is 12.1 Å². The highest BCUT2D eigenvalue weighted by Gasteiger charge is 2.43. The smallest absolute Gasteiger partial charge is 0.332 e. The molecule has 8 heteroatoms. The topological polar surface area (TPSA) is 101 Å². The Morgan fingerprint density at radius 2 is 2.05 bits per heavy atom. The van der Waals surface area contributed by atoms with E-state index in [4.69, 9.17) is 9.84 Å². The lowest BCUT2D eigenvalue weighted by Crippen LogP contribution is -2.37. The highest BCUT2D eigenvalue weighted by molar-refractivity contribution is 7.90. The van der Waals surface area contributed by atoms with Crippen LogP contribution >= 0.6 is 0 Å². The van der Waals surface area contributed by atoms with Crippen LogP contribution in [0.5, 0.6) is 0 Å². The third kappa shape index (κ3) is 2.20. The monoisotopic (exact) mass is 311 g/mol. The van der Waals surface area contributed by atoms with E-state index in [1.165, 1.54) is 12.1 Å². The normalized spacial score (nSPS) is 26.9. The van der Waals surface area contributed by atoms with E-state index in [0.29, 0.717) is 12.8 Å². The number of carbonyl (C=O) groups is 2. The molecule has 2 aliphatic heterocycles. The number of benzene rings is 1. The minimum Gasteiger partial charge on any atom is -0.479 e. The van der Waals surface area contributed by atoms with Gasteiger partial charge < -0.3 is 9.84 Å². The fraction of sp³-hybridized carbons (Fsp3) is 0.385. The van der Waals surface area contributed by atoms with Gasteiger partial charge in [-0.3, -0.25) is 4.79 Å². The molecule has 0 saturated carbocycles. The second-order valence-electron chi connectivity index (χ2n) is 5.00. The molecule has 1 fully saturated rings. The average molecular weight is 311 g/mol. The van der Waals surface area contributed by atoms with Crippen molar-refractivity contribution in [3.05, 3.63) is 29.8 Å². The average Bonchev–Trinajstić information content (AvgIpc) is 2.98. The molecule has 1 N–H and O–H groups in total. The van der Waals surface area contributed by atoms with Gasteiger partial charge in [0, 0.05) is 0 Å². The molecule has 0 spiro atoms. The molecule has 2 atom stereocenters. The molecule has 7 nitrogen and oxygen atoms in total. The van der Waals surface area contributed by atoms with Crippen molar-refractivity contribution >= 4 is 21.9 Å². The number of ether oxygens (including phenoxy) is 1. The van der Waals surface area contributed by atoms with E-state index in [-0.39, 0.29) is 17.0 Å². The van der Waals surface area contributed by atoms with Crippen LogP contribution in [-0.4, -0.2) is 48.5 Å². The van der Waals surface area contributed by atoms with Gasteiger partial charge in [0.2, 0.25) is 0 Å². The summed E-state index contributed by atoms with van der Waals surface area (Å²) in [6.07, 6.45) is -0.793. The van der Waals surface area contributed by atoms with E-state index < -0.39 is 34.1 Å². The summed E-state index contributed by atoms with van der Waals surface area (Å²) in [6.45, 7) is -0.153. The van der Waals surface area contributed by atoms with Crippen molar-refractivity contribution < 1.29 is 27.9 Å². The van der Waals surface area contributed by atoms with Crippen LogP contribution in [0.2, 0.25) is 0 Å². The summed E-state index contributed by atoms with van der Waals surface area (Å²) in [4.78, 5) is 23.0. The van der Waals surface area contributed by atoms with Crippen LogP contribution in [0, 0.1) is 0 Å². The molecule has 0 aliphatic carbocycles. The lowest BCUT2D eigenvalue weighted by molar-refractivity contribution is -0.149. The number of carboxylic acids is 1. The highest BCUT2D eigenvalue weighted by atomic mass is 32.2. The Hall–Kier alpha value is -1.93. The van der Waals surface area contributed by atoms with Crippen molar-refractivity contribution in [2.24, 2.45) is 0 Å². The predicted octanol–water partition coefficient (Wildman–Crippen LogP) is 0.463. The molecule has 2 aliphatic rings. The first-order valence-electron chi connectivity index (χ1n) is 6.45. The standard InChI is InChI=1S/C13H13NO6S/c15-12-9-3-1-2-4-11(9)21(18,19)14(12)7-8-5-6-10(20-8)13(16)17/h1-4,8,10H,5-7H2,(H,16,17). The quantitative estimate of drug-likeness (QED) is 0.870. The van der Waals surface area contributed by atoms with Crippen molar-refractivity contribution in [3.63, 3.8) is 0 Å². The SMILES string of the molecule is O=C(O)C1CCC(CN2C(=O)c3ccccc3S2(=O)=O)O1. The minimum absolute atomic E-state index is 0.0113. The number of aliphatic carboxylic acids is 1. The highest BCUT2D eigenvalue weighted by Crippen LogP contribution is 2.31. The first kappa shape index (κ1) is 14.0. The van der Waals surface area contributed by atoms with Crippen LogP contribution in [0.1, 0.15) is 23.2 Å². The Bertz CT molecular complexity index is 713. The zero-order valence-corrected chi connectivity index (χ0v) is 11.7. The predicted molar refractivity (Wildman–Crippen MR) is 70.2 cm³/mol. The molecule has 2 heterocycles. The number of carbonyl (C=O) groups excluding carboxylic acids is 1. The summed E-state index contributed by atoms with van der Waals surface area (Å²) in [5.41, 5.74) is 0.144. The molecule has 1 aromatic rings. The number of sulfonamides is 1. The van der Waals surface area contributed by atoms with Crippen molar-refractivity contribution in [3.8, 4) is 0 Å². The van der Waals surface area contributed by atoms with E-state index in [0.717, 1.165) is 4.31 Å². The van der Waals surface area contributed by atoms with Gasteiger partial charge in [-0.05, 0) is 25.0 Å². The van der Waals surface area contributed by atoms with E-state index in [2.05, 4.69) is 0 Å². The van der Waals surface area contributed by atoms with Crippen LogP contribution in [0.25, 0.3) is 0 Å². The molecule has 2 unspecified atom stereocenters. The molecule has 0 bridgehead atoms. The first-order chi connectivity index (χ1) is 9.91. The Balaban J connectivity index is 1.82. The van der Waals surface area contributed by atoms with Crippen LogP contribution in [0.15, 0.2) is 29.2 Å². The van der Waals surface area contributed by atoms with E-state index in [1.54, 1.807) is 12.1 Å². The Kier molecular flexibility index (Phi) is 3.22. The zero-order valence-electron chi connectivity index (χ0n) is 10.9. The Labute approximate surface area is 121 Å². The van der Waals surface area contributed by atoms with Crippen LogP contribution in [0.3, 0.4) is 0 Å². The molecule has 1 saturated heterocycles. The zero-order chi connectivity index (χ0) is 15.2. The number of nitrogens with zero attached hydrogens (tertiary/aromatic N) is 1. The van der Waals surface area contributed by atoms with Gasteiger partial charge in [-0.2, -0.15) is 0 Å². The van der Waals surface area contributed by atoms with Gasteiger partial charge in [0.05, 0.1) is 18.2 Å². The molecule has 3 rings (SSSR count). The third-order valence-corrected chi connectivity index (χ3v) is 5.47. The third-order valence-electron chi connectivity index (χ3n) is 3.66. The number of carboxylic acid groups (broad SMARTS) is 1. The number of rotatable bonds is 3. The molecule has 1 amide bonds. The van der Waals surface area contributed by atoms with Gasteiger partial charge >= 0.3 is 5.97 Å². The van der Waals surface area contributed by atoms with Crippen LogP contribution in [-0.2, 0) is 19.6 Å². The summed E-state index contributed by atoms with van der Waals surface area (Å²) >= 11 is 0. The van der Waals surface area contributed by atoms with Crippen molar-refractivity contribution in [1.29, 1.82) is 0 Å². The van der Waals surface area contributed by atoms with Crippen LogP contribution in [0.4, 0.5) is 0 Å². The fourth-order valence-electron chi connectivity index (χ4n) is 2.62. The van der Waals surface area contributed by atoms with Crippen molar-refractivity contribution in [2.75, 3.05) is 6.54 Å². The second-order valence-corrected chi connectivity index (χ2v) is 6.83. The number of amides is 1. The maximum Gasteiger partial charge on any atom is 0.332 e. The summed E-state index contributed by atoms with van der Waals surface area (Å²) < 4.78 is 30.7. The van der Waals surface area contributed by atoms with Gasteiger partial charge in [0.15, 0.2) is 6.10 Å². The summed E-state index contributed by atoms with van der Waals surface area (Å²) in [7, 11) is -3.86. The minimum atomic E-state index is -3.86. The first-order valence-corrected chi connectivity index (χ1v) is 7.89. The summed E-state index contributed by atoms with van der Waals surface area (Å²) in [5.74, 6) is -1.66. The molecular weight excluding hydrogens is 298 g/mol. The molecule has 21 heavy (non-hydrogen) atoms. The van der Waals surface area contributed by atoms with Gasteiger partial charge in [-0.25, -0.2) is 17.5 Å². The second kappa shape index (κ2) is 4.81. The summed E-state index contributed by atoms with van der Waals surface area (Å²) in [6, 6.07) is 6.00. The fourth-order valence-corrected chi connectivity index (χ4v) is 4.22. The number of hydrogen-bond acceptors (Lipinski definition) is 5. The van der Waals surface area contributed by atoms with E-state index in [1.807, 2.05) is 0 Å². The Morgan fingerprint density at radius 1 is 1.33 bits per heavy atom. The van der Waals surface area contributed by atoms with Crippen molar-refractivity contribution in [2.45, 2.75) is 29.9 Å². The Morgan fingerprint density at radius 3 is 2.67 bits per heavy atom. The molecule has 0 radical (unpaired) electrons. The largest absolute Gasteiger partial charge is 0.479 e. The van der Waals surface area contributed by atoms with Gasteiger partial charge in [0.25, 0.3) is 15.9 Å². The van der Waals surface area contributed by atoms with Crippen LogP contribution < -0.4 is 0 Å². The van der Waals surface area contributed by atoms with Crippen molar-refractivity contribution in [1.82, 2.24) is 4.31 Å².